The van der Waals surface area contributed by atoms with Crippen molar-refractivity contribution in [2.24, 2.45) is 0 Å². The molecule has 25 heavy (non-hydrogen) atoms. The average molecular weight is 333 g/mol. The highest BCUT2D eigenvalue weighted by atomic mass is 16.4. The second-order valence-electron chi connectivity index (χ2n) is 6.46. The van der Waals surface area contributed by atoms with Crippen molar-refractivity contribution in [3.63, 3.8) is 0 Å². The molecule has 5 heteroatoms. The summed E-state index contributed by atoms with van der Waals surface area (Å²) in [5.74, 6) is -0.113. The standard InChI is InChI=1S/C20H19N3O2/c1-13-6-5-11-23(13)19-18(14-7-3-2-4-8-14)21-16-10-9-15(20(24)25)12-17(16)22-19/h2-4,7-10,12-13H,5-6,11H2,1H3,(H,24,25). The summed E-state index contributed by atoms with van der Waals surface area (Å²) in [7, 11) is 0. The summed E-state index contributed by atoms with van der Waals surface area (Å²) in [6.45, 7) is 3.14. The number of hydrogen-bond acceptors (Lipinski definition) is 4. The third-order valence-corrected chi connectivity index (χ3v) is 4.77. The molecule has 0 saturated carbocycles. The van der Waals surface area contributed by atoms with Gasteiger partial charge in [0.25, 0.3) is 0 Å². The van der Waals surface area contributed by atoms with E-state index in [-0.39, 0.29) is 5.56 Å². The van der Waals surface area contributed by atoms with E-state index in [1.54, 1.807) is 18.2 Å². The van der Waals surface area contributed by atoms with Crippen LogP contribution in [-0.2, 0) is 0 Å². The molecule has 0 amide bonds. The number of aromatic carboxylic acids is 1. The highest BCUT2D eigenvalue weighted by Gasteiger charge is 2.25. The molecule has 0 radical (unpaired) electrons. The number of nitrogens with zero attached hydrogens (tertiary/aromatic N) is 3. The normalized spacial score (nSPS) is 17.2. The molecule has 1 saturated heterocycles. The van der Waals surface area contributed by atoms with Crippen LogP contribution in [0.25, 0.3) is 22.3 Å². The molecule has 1 fully saturated rings. The van der Waals surface area contributed by atoms with Crippen LogP contribution in [0.15, 0.2) is 48.5 Å². The van der Waals surface area contributed by atoms with E-state index in [4.69, 9.17) is 9.97 Å². The van der Waals surface area contributed by atoms with Crippen molar-refractivity contribution in [3.8, 4) is 11.3 Å². The molecular formula is C20H19N3O2. The predicted molar refractivity (Wildman–Crippen MR) is 98.0 cm³/mol. The van der Waals surface area contributed by atoms with Gasteiger partial charge in [-0.15, -0.1) is 0 Å². The van der Waals surface area contributed by atoms with E-state index in [1.807, 2.05) is 30.3 Å². The molecular weight excluding hydrogens is 314 g/mol. The summed E-state index contributed by atoms with van der Waals surface area (Å²) in [6, 6.07) is 15.3. The molecule has 0 spiro atoms. The van der Waals surface area contributed by atoms with Gasteiger partial charge < -0.3 is 10.0 Å². The summed E-state index contributed by atoms with van der Waals surface area (Å²) in [5.41, 5.74) is 3.43. The zero-order chi connectivity index (χ0) is 17.4. The molecule has 1 aliphatic heterocycles. The molecule has 0 aliphatic carbocycles. The first-order chi connectivity index (χ1) is 12.1. The van der Waals surface area contributed by atoms with Gasteiger partial charge in [0, 0.05) is 18.2 Å². The van der Waals surface area contributed by atoms with Gasteiger partial charge in [0.1, 0.15) is 5.69 Å². The van der Waals surface area contributed by atoms with Crippen LogP contribution in [-0.4, -0.2) is 33.6 Å². The van der Waals surface area contributed by atoms with Crippen LogP contribution in [0.3, 0.4) is 0 Å². The summed E-state index contributed by atoms with van der Waals surface area (Å²) < 4.78 is 0. The molecule has 1 aromatic heterocycles. The number of fused-ring (bicyclic) bond motifs is 1. The Labute approximate surface area is 146 Å². The fraction of sp³-hybridized carbons (Fsp3) is 0.250. The summed E-state index contributed by atoms with van der Waals surface area (Å²) in [6.07, 6.45) is 2.26. The van der Waals surface area contributed by atoms with E-state index in [9.17, 15) is 9.90 Å². The van der Waals surface area contributed by atoms with E-state index < -0.39 is 5.97 Å². The first-order valence-corrected chi connectivity index (χ1v) is 8.50. The van der Waals surface area contributed by atoms with Crippen molar-refractivity contribution in [2.45, 2.75) is 25.8 Å². The fourth-order valence-electron chi connectivity index (χ4n) is 3.42. The van der Waals surface area contributed by atoms with Gasteiger partial charge >= 0.3 is 5.97 Å². The Morgan fingerprint density at radius 2 is 1.92 bits per heavy atom. The maximum absolute atomic E-state index is 11.3. The molecule has 2 heterocycles. The Bertz CT molecular complexity index is 940. The summed E-state index contributed by atoms with van der Waals surface area (Å²) >= 11 is 0. The second-order valence-corrected chi connectivity index (χ2v) is 6.46. The van der Waals surface area contributed by atoms with Gasteiger partial charge in [-0.2, -0.15) is 0 Å². The molecule has 4 rings (SSSR count). The molecule has 1 unspecified atom stereocenters. The molecule has 5 nitrogen and oxygen atoms in total. The summed E-state index contributed by atoms with van der Waals surface area (Å²) in [4.78, 5) is 23.2. The van der Waals surface area contributed by atoms with Gasteiger partial charge in [-0.05, 0) is 38.0 Å². The minimum absolute atomic E-state index is 0.231. The van der Waals surface area contributed by atoms with Gasteiger partial charge in [-0.1, -0.05) is 30.3 Å². The van der Waals surface area contributed by atoms with Crippen LogP contribution >= 0.6 is 0 Å². The van der Waals surface area contributed by atoms with Crippen LogP contribution < -0.4 is 4.90 Å². The van der Waals surface area contributed by atoms with Crippen LogP contribution in [0.2, 0.25) is 0 Å². The minimum atomic E-state index is -0.952. The number of aromatic nitrogens is 2. The van der Waals surface area contributed by atoms with Crippen molar-refractivity contribution in [1.82, 2.24) is 9.97 Å². The summed E-state index contributed by atoms with van der Waals surface area (Å²) in [5, 5.41) is 9.24. The third kappa shape index (κ3) is 2.82. The van der Waals surface area contributed by atoms with Crippen molar-refractivity contribution < 1.29 is 9.90 Å². The lowest BCUT2D eigenvalue weighted by Gasteiger charge is -2.25. The third-order valence-electron chi connectivity index (χ3n) is 4.77. The van der Waals surface area contributed by atoms with E-state index >= 15 is 0 Å². The molecule has 1 atom stereocenters. The van der Waals surface area contributed by atoms with E-state index in [0.717, 1.165) is 36.5 Å². The van der Waals surface area contributed by atoms with E-state index in [1.165, 1.54) is 0 Å². The lowest BCUT2D eigenvalue weighted by atomic mass is 10.1. The molecule has 126 valence electrons. The molecule has 2 aromatic carbocycles. The number of carbonyl (C=O) groups is 1. The number of anilines is 1. The lowest BCUT2D eigenvalue weighted by molar-refractivity contribution is 0.0697. The lowest BCUT2D eigenvalue weighted by Crippen LogP contribution is -2.28. The zero-order valence-electron chi connectivity index (χ0n) is 14.0. The Hall–Kier alpha value is -2.95. The number of carboxylic acid groups (broad SMARTS) is 1. The first kappa shape index (κ1) is 15.6. The van der Waals surface area contributed by atoms with Crippen molar-refractivity contribution in [1.29, 1.82) is 0 Å². The van der Waals surface area contributed by atoms with Gasteiger partial charge in [-0.25, -0.2) is 14.8 Å². The zero-order valence-corrected chi connectivity index (χ0v) is 14.0. The van der Waals surface area contributed by atoms with Crippen LogP contribution in [0.5, 0.6) is 0 Å². The number of hydrogen-bond donors (Lipinski definition) is 1. The highest BCUT2D eigenvalue weighted by molar-refractivity contribution is 5.93. The molecule has 1 aliphatic rings. The largest absolute Gasteiger partial charge is 0.478 e. The van der Waals surface area contributed by atoms with Crippen molar-refractivity contribution in [3.05, 3.63) is 54.1 Å². The molecule has 0 bridgehead atoms. The average Bonchev–Trinajstić information content (AvgIpc) is 3.06. The Morgan fingerprint density at radius 3 is 2.60 bits per heavy atom. The van der Waals surface area contributed by atoms with E-state index in [0.29, 0.717) is 17.1 Å². The predicted octanol–water partition coefficient (Wildman–Crippen LogP) is 3.98. The maximum atomic E-state index is 11.3. The smallest absolute Gasteiger partial charge is 0.335 e. The SMILES string of the molecule is CC1CCCN1c1nc2cc(C(=O)O)ccc2nc1-c1ccccc1. The number of rotatable bonds is 3. The van der Waals surface area contributed by atoms with Gasteiger partial charge in [0.2, 0.25) is 0 Å². The van der Waals surface area contributed by atoms with Crippen molar-refractivity contribution >= 4 is 22.8 Å². The Balaban J connectivity index is 1.95. The van der Waals surface area contributed by atoms with Gasteiger partial charge in [0.05, 0.1) is 16.6 Å². The number of carboxylic acids is 1. The Kier molecular flexibility index (Phi) is 3.84. The second kappa shape index (κ2) is 6.16. The monoisotopic (exact) mass is 333 g/mol. The quantitative estimate of drug-likeness (QED) is 0.785. The van der Waals surface area contributed by atoms with Gasteiger partial charge in [0.15, 0.2) is 5.82 Å². The van der Waals surface area contributed by atoms with Crippen LogP contribution in [0.4, 0.5) is 5.82 Å². The first-order valence-electron chi connectivity index (χ1n) is 8.50. The highest BCUT2D eigenvalue weighted by Crippen LogP contribution is 2.33. The van der Waals surface area contributed by atoms with Crippen molar-refractivity contribution in [2.75, 3.05) is 11.4 Å². The van der Waals surface area contributed by atoms with Crippen LogP contribution in [0.1, 0.15) is 30.1 Å². The number of benzene rings is 2. The van der Waals surface area contributed by atoms with E-state index in [2.05, 4.69) is 11.8 Å². The van der Waals surface area contributed by atoms with Gasteiger partial charge in [-0.3, -0.25) is 0 Å². The minimum Gasteiger partial charge on any atom is -0.478 e. The fourth-order valence-corrected chi connectivity index (χ4v) is 3.42. The maximum Gasteiger partial charge on any atom is 0.335 e. The topological polar surface area (TPSA) is 66.3 Å². The Morgan fingerprint density at radius 1 is 1.12 bits per heavy atom. The van der Waals surface area contributed by atoms with Crippen LogP contribution in [0, 0.1) is 0 Å². The molecule has 1 N–H and O–H groups in total. The molecule has 3 aromatic rings.